The van der Waals surface area contributed by atoms with Crippen molar-refractivity contribution in [2.75, 3.05) is 5.32 Å². The van der Waals surface area contributed by atoms with E-state index in [1.165, 1.54) is 0 Å². The maximum atomic E-state index is 7.49. The topological polar surface area (TPSA) is 97.8 Å². The summed E-state index contributed by atoms with van der Waals surface area (Å²) in [4.78, 5) is 0. The summed E-state index contributed by atoms with van der Waals surface area (Å²) in [7, 11) is 0. The smallest absolute Gasteiger partial charge is 0.199 e. The molecule has 0 aliphatic carbocycles. The molecule has 0 heterocycles. The van der Waals surface area contributed by atoms with Gasteiger partial charge in [0.15, 0.2) is 11.9 Å². The largest absolute Gasteiger partial charge is 0.370 e. The van der Waals surface area contributed by atoms with Gasteiger partial charge >= 0.3 is 0 Å². The number of halogens is 1. The Morgan fingerprint density at radius 1 is 1.40 bits per heavy atom. The minimum atomic E-state index is -0.266. The van der Waals surface area contributed by atoms with Gasteiger partial charge in [0.25, 0.3) is 0 Å². The molecule has 0 aliphatic heterocycles. The van der Waals surface area contributed by atoms with Gasteiger partial charge in [-0.1, -0.05) is 12.1 Å². The van der Waals surface area contributed by atoms with Gasteiger partial charge in [0.1, 0.15) is 0 Å². The highest BCUT2D eigenvalue weighted by Crippen LogP contribution is 2.25. The molecule has 0 radical (unpaired) electrons. The summed E-state index contributed by atoms with van der Waals surface area (Å²) >= 11 is 3.37. The zero-order chi connectivity index (χ0) is 11.4. The Hall–Kier alpha value is -1.56. The van der Waals surface area contributed by atoms with Crippen LogP contribution in [0.1, 0.15) is 5.56 Å². The predicted molar refractivity (Wildman–Crippen MR) is 65.3 cm³/mol. The summed E-state index contributed by atoms with van der Waals surface area (Å²) in [5, 5.41) is 19.6. The van der Waals surface area contributed by atoms with E-state index >= 15 is 0 Å². The van der Waals surface area contributed by atoms with Crippen LogP contribution in [0, 0.1) is 17.7 Å². The predicted octanol–water partition coefficient (Wildman–Crippen LogP) is 1.59. The normalized spacial score (nSPS) is 9.47. The third-order valence-electron chi connectivity index (χ3n) is 1.73. The summed E-state index contributed by atoms with van der Waals surface area (Å²) in [5.74, 6) is -0.297. The van der Waals surface area contributed by atoms with E-state index in [1.807, 2.05) is 25.1 Å². The molecule has 0 bridgehead atoms. The zero-order valence-electron chi connectivity index (χ0n) is 8.19. The summed E-state index contributed by atoms with van der Waals surface area (Å²) in [6.45, 7) is 1.92. The van der Waals surface area contributed by atoms with Crippen molar-refractivity contribution in [2.24, 2.45) is 5.73 Å². The van der Waals surface area contributed by atoms with Crippen molar-refractivity contribution in [2.45, 2.75) is 6.92 Å². The number of anilines is 1. The number of para-hydroxylation sites is 1. The highest BCUT2D eigenvalue weighted by Gasteiger charge is 2.05. The van der Waals surface area contributed by atoms with E-state index in [-0.39, 0.29) is 11.9 Å². The molecule has 0 fully saturated rings. The highest BCUT2D eigenvalue weighted by molar-refractivity contribution is 9.10. The lowest BCUT2D eigenvalue weighted by atomic mass is 10.2. The second-order valence-corrected chi connectivity index (χ2v) is 3.82. The average molecular weight is 270 g/mol. The van der Waals surface area contributed by atoms with Crippen molar-refractivity contribution in [3.63, 3.8) is 0 Å². The molecule has 0 unspecified atom stereocenters. The molecule has 0 saturated heterocycles. The fourth-order valence-electron chi connectivity index (χ4n) is 1.08. The Morgan fingerprint density at radius 2 is 2.07 bits per heavy atom. The van der Waals surface area contributed by atoms with Gasteiger partial charge in [-0.05, 0) is 34.5 Å². The van der Waals surface area contributed by atoms with E-state index in [1.54, 1.807) is 0 Å². The van der Waals surface area contributed by atoms with Crippen LogP contribution in [-0.2, 0) is 0 Å². The molecular formula is C9H12BrN5. The van der Waals surface area contributed by atoms with Crippen LogP contribution in [0.15, 0.2) is 22.7 Å². The molecule has 0 aromatic heterocycles. The number of hydrogen-bond acceptors (Lipinski definition) is 2. The van der Waals surface area contributed by atoms with Crippen LogP contribution in [0.25, 0.3) is 0 Å². The van der Waals surface area contributed by atoms with Crippen LogP contribution >= 0.6 is 15.9 Å². The van der Waals surface area contributed by atoms with E-state index in [0.717, 1.165) is 15.7 Å². The Morgan fingerprint density at radius 3 is 2.60 bits per heavy atom. The summed E-state index contributed by atoms with van der Waals surface area (Å²) in [6.07, 6.45) is 0. The van der Waals surface area contributed by atoms with Crippen LogP contribution < -0.4 is 16.4 Å². The Bertz CT molecular complexity index is 381. The number of rotatable bonds is 1. The Kier molecular flexibility index (Phi) is 3.68. The van der Waals surface area contributed by atoms with Gasteiger partial charge in [-0.25, -0.2) is 0 Å². The monoisotopic (exact) mass is 269 g/mol. The van der Waals surface area contributed by atoms with Crippen molar-refractivity contribution < 1.29 is 0 Å². The third-order valence-corrected chi connectivity index (χ3v) is 2.39. The van der Waals surface area contributed by atoms with Crippen molar-refractivity contribution >= 4 is 33.5 Å². The Balaban J connectivity index is 2.80. The first-order valence-corrected chi connectivity index (χ1v) is 5.01. The molecule has 0 atom stereocenters. The molecule has 1 aromatic rings. The van der Waals surface area contributed by atoms with Gasteiger partial charge in [-0.3, -0.25) is 16.1 Å². The highest BCUT2D eigenvalue weighted by atomic mass is 79.9. The summed E-state index contributed by atoms with van der Waals surface area (Å²) in [5.41, 5.74) is 6.89. The lowest BCUT2D eigenvalue weighted by Crippen LogP contribution is -2.39. The summed E-state index contributed by atoms with van der Waals surface area (Å²) in [6, 6.07) is 5.71. The van der Waals surface area contributed by atoms with Gasteiger partial charge < -0.3 is 11.1 Å². The van der Waals surface area contributed by atoms with Crippen LogP contribution in [0.5, 0.6) is 0 Å². The van der Waals surface area contributed by atoms with Gasteiger partial charge in [0, 0.05) is 4.47 Å². The van der Waals surface area contributed by atoms with Crippen molar-refractivity contribution in [3.05, 3.63) is 28.2 Å². The molecule has 0 amide bonds. The number of nitrogens with two attached hydrogens (primary N) is 1. The molecule has 0 saturated carbocycles. The van der Waals surface area contributed by atoms with Crippen LogP contribution in [-0.4, -0.2) is 11.9 Å². The van der Waals surface area contributed by atoms with E-state index in [9.17, 15) is 0 Å². The van der Waals surface area contributed by atoms with E-state index in [2.05, 4.69) is 26.6 Å². The van der Waals surface area contributed by atoms with Gasteiger partial charge in [-0.2, -0.15) is 0 Å². The molecule has 5 nitrogen and oxygen atoms in total. The summed E-state index contributed by atoms with van der Waals surface area (Å²) < 4.78 is 0.859. The first-order valence-electron chi connectivity index (χ1n) is 4.22. The standard InChI is InChI=1S/C9H12BrN5/c1-5-3-2-4-6(10)7(5)14-9(13)15-8(11)12/h2-4H,1H3,(H6,11,12,13,14,15). The first-order chi connectivity index (χ1) is 7.00. The SMILES string of the molecule is Cc1cccc(Br)c1NC(=N)NC(=N)N. The van der Waals surface area contributed by atoms with E-state index in [0.29, 0.717) is 0 Å². The molecule has 80 valence electrons. The fraction of sp³-hybridized carbons (Fsp3) is 0.111. The minimum absolute atomic E-state index is 0.0301. The molecular weight excluding hydrogens is 258 g/mol. The molecule has 0 aliphatic rings. The Labute approximate surface area is 96.2 Å². The molecule has 6 N–H and O–H groups in total. The molecule has 0 spiro atoms. The third kappa shape index (κ3) is 3.25. The molecule has 6 heteroatoms. The number of aryl methyl sites for hydroxylation is 1. The lowest BCUT2D eigenvalue weighted by Gasteiger charge is -2.12. The van der Waals surface area contributed by atoms with Crippen LogP contribution in [0.3, 0.4) is 0 Å². The maximum absolute atomic E-state index is 7.49. The van der Waals surface area contributed by atoms with Crippen LogP contribution in [0.2, 0.25) is 0 Å². The fourth-order valence-corrected chi connectivity index (χ4v) is 1.65. The van der Waals surface area contributed by atoms with Crippen molar-refractivity contribution in [1.29, 1.82) is 10.8 Å². The second kappa shape index (κ2) is 4.79. The van der Waals surface area contributed by atoms with Gasteiger partial charge in [0.2, 0.25) is 0 Å². The van der Waals surface area contributed by atoms with E-state index in [4.69, 9.17) is 16.6 Å². The number of nitrogens with one attached hydrogen (secondary N) is 4. The minimum Gasteiger partial charge on any atom is -0.370 e. The molecule has 15 heavy (non-hydrogen) atoms. The van der Waals surface area contributed by atoms with Crippen LogP contribution in [0.4, 0.5) is 5.69 Å². The number of benzene rings is 1. The zero-order valence-corrected chi connectivity index (χ0v) is 9.77. The second-order valence-electron chi connectivity index (χ2n) is 2.97. The molecule has 1 rings (SSSR count). The quantitative estimate of drug-likeness (QED) is 0.396. The van der Waals surface area contributed by atoms with Gasteiger partial charge in [-0.15, -0.1) is 0 Å². The van der Waals surface area contributed by atoms with E-state index < -0.39 is 0 Å². The number of guanidine groups is 2. The maximum Gasteiger partial charge on any atom is 0.199 e. The first kappa shape index (κ1) is 11.5. The average Bonchev–Trinajstić information content (AvgIpc) is 2.10. The number of hydrogen-bond donors (Lipinski definition) is 5. The molecule has 1 aromatic carbocycles. The van der Waals surface area contributed by atoms with Gasteiger partial charge in [0.05, 0.1) is 5.69 Å². The lowest BCUT2D eigenvalue weighted by molar-refractivity contribution is 1.20. The van der Waals surface area contributed by atoms with Crippen molar-refractivity contribution in [1.82, 2.24) is 5.32 Å². The van der Waals surface area contributed by atoms with Crippen molar-refractivity contribution in [3.8, 4) is 0 Å².